The van der Waals surface area contributed by atoms with Gasteiger partial charge in [0.15, 0.2) is 5.96 Å². The zero-order chi connectivity index (χ0) is 17.7. The lowest BCUT2D eigenvalue weighted by molar-refractivity contribution is 0.476. The van der Waals surface area contributed by atoms with Crippen LogP contribution in [0.5, 0.6) is 0 Å². The molecule has 138 valence electrons. The van der Waals surface area contributed by atoms with Crippen LogP contribution < -0.4 is 5.32 Å². The number of hydrogen-bond donors (Lipinski definition) is 1. The number of aryl methyl sites for hydroxylation is 2. The molecule has 0 amide bonds. The molecule has 5 nitrogen and oxygen atoms in total. The van der Waals surface area contributed by atoms with Crippen molar-refractivity contribution in [3.63, 3.8) is 0 Å². The van der Waals surface area contributed by atoms with Crippen LogP contribution in [-0.2, 0) is 20.1 Å². The van der Waals surface area contributed by atoms with E-state index in [1.807, 2.05) is 18.7 Å². The molecule has 2 rings (SSSR count). The Morgan fingerprint density at radius 2 is 1.92 bits per heavy atom. The normalized spacial score (nSPS) is 11.2. The first kappa shape index (κ1) is 22.0. The number of guanidine groups is 1. The van der Waals surface area contributed by atoms with E-state index in [0.29, 0.717) is 6.54 Å². The zero-order valence-corrected chi connectivity index (χ0v) is 19.4. The Bertz CT molecular complexity index is 709. The third kappa shape index (κ3) is 5.99. The fourth-order valence-electron chi connectivity index (χ4n) is 2.61. The third-order valence-corrected chi connectivity index (χ3v) is 4.60. The first-order chi connectivity index (χ1) is 11.4. The predicted molar refractivity (Wildman–Crippen MR) is 119 cm³/mol. The highest BCUT2D eigenvalue weighted by Gasteiger charge is 2.11. The Labute approximate surface area is 176 Å². The summed E-state index contributed by atoms with van der Waals surface area (Å²) < 4.78 is 3.01. The Balaban J connectivity index is 0.00000312. The molecule has 0 unspecified atom stereocenters. The van der Waals surface area contributed by atoms with E-state index in [1.165, 1.54) is 16.8 Å². The van der Waals surface area contributed by atoms with Gasteiger partial charge in [-0.15, -0.1) is 24.0 Å². The molecule has 7 heteroatoms. The largest absolute Gasteiger partial charge is 0.357 e. The van der Waals surface area contributed by atoms with Crippen molar-refractivity contribution >= 4 is 45.9 Å². The van der Waals surface area contributed by atoms with Crippen molar-refractivity contribution < 1.29 is 0 Å². The van der Waals surface area contributed by atoms with E-state index >= 15 is 0 Å². The van der Waals surface area contributed by atoms with Crippen molar-refractivity contribution in [1.29, 1.82) is 0 Å². The minimum Gasteiger partial charge on any atom is -0.357 e. The number of benzene rings is 1. The van der Waals surface area contributed by atoms with Gasteiger partial charge in [-0.3, -0.25) is 4.68 Å². The number of nitrogens with one attached hydrogen (secondary N) is 1. The van der Waals surface area contributed by atoms with E-state index in [1.54, 1.807) is 0 Å². The van der Waals surface area contributed by atoms with E-state index in [2.05, 4.69) is 76.4 Å². The summed E-state index contributed by atoms with van der Waals surface area (Å²) in [5.74, 6) is 0.906. The molecular weight excluding hydrogens is 493 g/mol. The van der Waals surface area contributed by atoms with Gasteiger partial charge < -0.3 is 10.2 Å². The first-order valence-corrected chi connectivity index (χ1v) is 8.94. The van der Waals surface area contributed by atoms with E-state index < -0.39 is 0 Å². The van der Waals surface area contributed by atoms with Gasteiger partial charge >= 0.3 is 0 Å². The van der Waals surface area contributed by atoms with Crippen molar-refractivity contribution in [3.05, 3.63) is 51.3 Å². The Hall–Kier alpha value is -1.09. The maximum atomic E-state index is 4.80. The SMILES string of the molecule is CCNC(=NCc1c(C)nn(C)c1C)N(C)Cc1ccc(Br)cc1.I. The van der Waals surface area contributed by atoms with Gasteiger partial charge in [-0.25, -0.2) is 4.99 Å². The van der Waals surface area contributed by atoms with Crippen molar-refractivity contribution in [2.45, 2.75) is 33.9 Å². The summed E-state index contributed by atoms with van der Waals surface area (Å²) in [5, 5.41) is 7.83. The predicted octanol–water partition coefficient (Wildman–Crippen LogP) is 4.01. The van der Waals surface area contributed by atoms with Crippen LogP contribution in [0.25, 0.3) is 0 Å². The standard InChI is InChI=1S/C18H26BrN5.HI/c1-6-20-18(21-11-17-13(2)22-24(5)14(17)3)23(4)12-15-7-9-16(19)10-8-15;/h7-10H,6,11-12H2,1-5H3,(H,20,21);1H. The maximum Gasteiger partial charge on any atom is 0.194 e. The van der Waals surface area contributed by atoms with Gasteiger partial charge in [-0.2, -0.15) is 5.10 Å². The minimum absolute atomic E-state index is 0. The molecule has 0 atom stereocenters. The Morgan fingerprint density at radius 3 is 2.44 bits per heavy atom. The van der Waals surface area contributed by atoms with Gasteiger partial charge in [-0.1, -0.05) is 28.1 Å². The second-order valence-electron chi connectivity index (χ2n) is 5.93. The van der Waals surface area contributed by atoms with Crippen molar-refractivity contribution in [2.75, 3.05) is 13.6 Å². The second-order valence-corrected chi connectivity index (χ2v) is 6.84. The molecule has 2 aromatic rings. The first-order valence-electron chi connectivity index (χ1n) is 8.15. The van der Waals surface area contributed by atoms with Crippen LogP contribution in [0.4, 0.5) is 0 Å². The van der Waals surface area contributed by atoms with Crippen LogP contribution in [0, 0.1) is 13.8 Å². The lowest BCUT2D eigenvalue weighted by Crippen LogP contribution is -2.38. The molecule has 0 fully saturated rings. The van der Waals surface area contributed by atoms with Gasteiger partial charge in [0.05, 0.1) is 12.2 Å². The van der Waals surface area contributed by atoms with E-state index in [-0.39, 0.29) is 24.0 Å². The molecule has 0 aliphatic heterocycles. The zero-order valence-electron chi connectivity index (χ0n) is 15.5. The van der Waals surface area contributed by atoms with E-state index in [9.17, 15) is 0 Å². The van der Waals surface area contributed by atoms with Crippen molar-refractivity contribution in [2.24, 2.45) is 12.0 Å². The Morgan fingerprint density at radius 1 is 1.28 bits per heavy atom. The molecule has 1 aromatic carbocycles. The quantitative estimate of drug-likeness (QED) is 0.369. The minimum atomic E-state index is 0. The summed E-state index contributed by atoms with van der Waals surface area (Å²) in [6.07, 6.45) is 0. The lowest BCUT2D eigenvalue weighted by Gasteiger charge is -2.22. The summed E-state index contributed by atoms with van der Waals surface area (Å²) in [5.41, 5.74) is 4.66. The summed E-state index contributed by atoms with van der Waals surface area (Å²) in [4.78, 5) is 6.95. The molecule has 1 N–H and O–H groups in total. The smallest absolute Gasteiger partial charge is 0.194 e. The molecular formula is C18H27BrIN5. The van der Waals surface area contributed by atoms with Crippen LogP contribution in [0.15, 0.2) is 33.7 Å². The van der Waals surface area contributed by atoms with Gasteiger partial charge in [0.2, 0.25) is 0 Å². The molecule has 0 saturated carbocycles. The summed E-state index contributed by atoms with van der Waals surface area (Å²) in [7, 11) is 4.03. The topological polar surface area (TPSA) is 45.5 Å². The fourth-order valence-corrected chi connectivity index (χ4v) is 2.87. The number of aromatic nitrogens is 2. The molecule has 0 radical (unpaired) electrons. The number of hydrogen-bond acceptors (Lipinski definition) is 2. The fraction of sp³-hybridized carbons (Fsp3) is 0.444. The van der Waals surface area contributed by atoms with Gasteiger partial charge in [0, 0.05) is 42.9 Å². The lowest BCUT2D eigenvalue weighted by atomic mass is 10.2. The van der Waals surface area contributed by atoms with Gasteiger partial charge in [0.1, 0.15) is 0 Å². The van der Waals surface area contributed by atoms with Crippen molar-refractivity contribution in [1.82, 2.24) is 20.0 Å². The second kappa shape index (κ2) is 10.2. The highest BCUT2D eigenvalue weighted by Crippen LogP contribution is 2.14. The Kier molecular flexibility index (Phi) is 8.92. The number of halogens is 2. The van der Waals surface area contributed by atoms with Crippen LogP contribution in [0.1, 0.15) is 29.4 Å². The molecule has 0 spiro atoms. The average molecular weight is 520 g/mol. The summed E-state index contributed by atoms with van der Waals surface area (Å²) in [6.45, 7) is 8.50. The molecule has 25 heavy (non-hydrogen) atoms. The number of aliphatic imine (C=N–C) groups is 1. The molecule has 0 saturated heterocycles. The number of rotatable bonds is 5. The highest BCUT2D eigenvalue weighted by molar-refractivity contribution is 14.0. The molecule has 0 aliphatic carbocycles. The number of nitrogens with zero attached hydrogens (tertiary/aromatic N) is 4. The summed E-state index contributed by atoms with van der Waals surface area (Å²) >= 11 is 3.47. The molecule has 1 aromatic heterocycles. The van der Waals surface area contributed by atoms with Crippen LogP contribution >= 0.6 is 39.9 Å². The highest BCUT2D eigenvalue weighted by atomic mass is 127. The molecule has 1 heterocycles. The van der Waals surface area contributed by atoms with E-state index in [4.69, 9.17) is 4.99 Å². The maximum absolute atomic E-state index is 4.80. The average Bonchev–Trinajstić information content (AvgIpc) is 2.79. The van der Waals surface area contributed by atoms with Gasteiger partial charge in [0.25, 0.3) is 0 Å². The van der Waals surface area contributed by atoms with Crippen molar-refractivity contribution in [3.8, 4) is 0 Å². The van der Waals surface area contributed by atoms with Crippen LogP contribution in [0.2, 0.25) is 0 Å². The van der Waals surface area contributed by atoms with E-state index in [0.717, 1.165) is 29.2 Å². The van der Waals surface area contributed by atoms with Gasteiger partial charge in [-0.05, 0) is 38.5 Å². The molecule has 0 aliphatic rings. The molecule has 0 bridgehead atoms. The summed E-state index contributed by atoms with van der Waals surface area (Å²) in [6, 6.07) is 8.38. The van der Waals surface area contributed by atoms with Crippen LogP contribution in [0.3, 0.4) is 0 Å². The van der Waals surface area contributed by atoms with Crippen LogP contribution in [-0.4, -0.2) is 34.2 Å². The monoisotopic (exact) mass is 519 g/mol. The third-order valence-electron chi connectivity index (χ3n) is 4.08.